The van der Waals surface area contributed by atoms with Crippen molar-refractivity contribution in [2.45, 2.75) is 19.4 Å². The highest BCUT2D eigenvalue weighted by Crippen LogP contribution is 2.34. The molecule has 20 heavy (non-hydrogen) atoms. The summed E-state index contributed by atoms with van der Waals surface area (Å²) < 4.78 is 0. The van der Waals surface area contributed by atoms with Crippen LogP contribution < -0.4 is 0 Å². The molecule has 3 nitrogen and oxygen atoms in total. The summed E-state index contributed by atoms with van der Waals surface area (Å²) in [5.74, 6) is -1.03. The highest BCUT2D eigenvalue weighted by Gasteiger charge is 2.28. The monoisotopic (exact) mass is 290 g/mol. The lowest BCUT2D eigenvalue weighted by Gasteiger charge is -2.26. The topological polar surface area (TPSA) is 57.5 Å². The van der Waals surface area contributed by atoms with E-state index in [1.54, 1.807) is 31.2 Å². The zero-order chi connectivity index (χ0) is 14.9. The first-order valence-corrected chi connectivity index (χ1v) is 6.53. The smallest absolute Gasteiger partial charge is 0.335 e. The molecule has 0 saturated heterocycles. The quantitative estimate of drug-likeness (QED) is 0.908. The maximum atomic E-state index is 11.0. The van der Waals surface area contributed by atoms with Gasteiger partial charge in [-0.15, -0.1) is 0 Å². The minimum atomic E-state index is -1.35. The fourth-order valence-electron chi connectivity index (χ4n) is 2.13. The van der Waals surface area contributed by atoms with Gasteiger partial charge < -0.3 is 10.2 Å². The second-order valence-electron chi connectivity index (χ2n) is 4.94. The van der Waals surface area contributed by atoms with Crippen molar-refractivity contribution in [3.63, 3.8) is 0 Å². The summed E-state index contributed by atoms with van der Waals surface area (Å²) in [6.45, 7) is 3.51. The molecule has 0 saturated carbocycles. The molecule has 2 N–H and O–H groups in total. The molecule has 2 aromatic rings. The summed E-state index contributed by atoms with van der Waals surface area (Å²) in [6.07, 6.45) is 0. The predicted molar refractivity (Wildman–Crippen MR) is 78.3 cm³/mol. The summed E-state index contributed by atoms with van der Waals surface area (Å²) in [6, 6.07) is 11.6. The van der Waals surface area contributed by atoms with Crippen molar-refractivity contribution < 1.29 is 15.0 Å². The van der Waals surface area contributed by atoms with Gasteiger partial charge in [-0.2, -0.15) is 0 Å². The molecular weight excluding hydrogens is 276 g/mol. The van der Waals surface area contributed by atoms with Crippen molar-refractivity contribution in [1.82, 2.24) is 0 Å². The van der Waals surface area contributed by atoms with Gasteiger partial charge in [0.05, 0.1) is 5.56 Å². The van der Waals surface area contributed by atoms with E-state index < -0.39 is 11.6 Å². The maximum absolute atomic E-state index is 11.0. The second kappa shape index (κ2) is 5.27. The average Bonchev–Trinajstić information content (AvgIpc) is 2.38. The van der Waals surface area contributed by atoms with Crippen LogP contribution in [0.2, 0.25) is 5.02 Å². The van der Waals surface area contributed by atoms with Crippen molar-refractivity contribution >= 4 is 17.6 Å². The molecule has 4 heteroatoms. The number of carbonyl (C=O) groups is 1. The molecule has 2 rings (SSSR count). The van der Waals surface area contributed by atoms with Crippen LogP contribution in [0.3, 0.4) is 0 Å². The Kier molecular flexibility index (Phi) is 3.84. The fraction of sp³-hybridized carbons (Fsp3) is 0.188. The number of hydrogen-bond acceptors (Lipinski definition) is 2. The van der Waals surface area contributed by atoms with E-state index in [4.69, 9.17) is 16.7 Å². The Labute approximate surface area is 122 Å². The van der Waals surface area contributed by atoms with Crippen LogP contribution in [0.25, 0.3) is 0 Å². The number of aromatic carboxylic acids is 1. The van der Waals surface area contributed by atoms with Crippen LogP contribution in [0.1, 0.15) is 34.0 Å². The molecule has 0 heterocycles. The number of halogens is 1. The first-order valence-electron chi connectivity index (χ1n) is 6.15. The molecule has 1 unspecified atom stereocenters. The van der Waals surface area contributed by atoms with Crippen molar-refractivity contribution in [2.75, 3.05) is 0 Å². The Hall–Kier alpha value is -1.84. The van der Waals surface area contributed by atoms with Gasteiger partial charge in [-0.1, -0.05) is 35.9 Å². The van der Waals surface area contributed by atoms with E-state index in [1.165, 1.54) is 12.1 Å². The van der Waals surface area contributed by atoms with E-state index in [2.05, 4.69) is 0 Å². The molecule has 1 atom stereocenters. The first-order chi connectivity index (χ1) is 9.32. The molecular formula is C16H15ClO3. The fourth-order valence-corrected chi connectivity index (χ4v) is 2.54. The van der Waals surface area contributed by atoms with Crippen LogP contribution >= 0.6 is 11.6 Å². The largest absolute Gasteiger partial charge is 0.478 e. The molecule has 0 aliphatic heterocycles. The van der Waals surface area contributed by atoms with Gasteiger partial charge in [0.1, 0.15) is 5.60 Å². The highest BCUT2D eigenvalue weighted by molar-refractivity contribution is 6.31. The summed E-state index contributed by atoms with van der Waals surface area (Å²) in [5.41, 5.74) is 0.811. The number of rotatable bonds is 3. The number of carboxylic acid groups (broad SMARTS) is 1. The predicted octanol–water partition coefficient (Wildman–Crippen LogP) is 3.60. The molecule has 0 spiro atoms. The minimum absolute atomic E-state index is 0.131. The molecule has 104 valence electrons. The van der Waals surface area contributed by atoms with E-state index >= 15 is 0 Å². The lowest BCUT2D eigenvalue weighted by atomic mass is 9.87. The molecule has 0 aliphatic rings. The average molecular weight is 291 g/mol. The van der Waals surface area contributed by atoms with Gasteiger partial charge in [-0.3, -0.25) is 0 Å². The number of hydrogen-bond donors (Lipinski definition) is 2. The standard InChI is InChI=1S/C16H15ClO3/c1-10-6-7-13(14(17)8-10)16(2,20)12-5-3-4-11(9-12)15(18)19/h3-9,20H,1-2H3,(H,18,19). The number of benzene rings is 2. The summed E-state index contributed by atoms with van der Waals surface area (Å²) >= 11 is 6.19. The Balaban J connectivity index is 2.54. The van der Waals surface area contributed by atoms with Crippen molar-refractivity contribution in [3.8, 4) is 0 Å². The van der Waals surface area contributed by atoms with Gasteiger partial charge in [0.15, 0.2) is 0 Å². The SMILES string of the molecule is Cc1ccc(C(C)(O)c2cccc(C(=O)O)c2)c(Cl)c1. The normalized spacial score (nSPS) is 13.8. The van der Waals surface area contributed by atoms with Crippen molar-refractivity contribution in [1.29, 1.82) is 0 Å². The lowest BCUT2D eigenvalue weighted by molar-refractivity contribution is 0.0695. The van der Waals surface area contributed by atoms with Crippen LogP contribution in [0.15, 0.2) is 42.5 Å². The molecule has 0 amide bonds. The van der Waals surface area contributed by atoms with Crippen LogP contribution in [-0.2, 0) is 5.60 Å². The Morgan fingerprint density at radius 1 is 1.20 bits per heavy atom. The van der Waals surface area contributed by atoms with Gasteiger partial charge in [-0.25, -0.2) is 4.79 Å². The maximum Gasteiger partial charge on any atom is 0.335 e. The van der Waals surface area contributed by atoms with Crippen molar-refractivity contribution in [2.24, 2.45) is 0 Å². The van der Waals surface area contributed by atoms with Crippen molar-refractivity contribution in [3.05, 3.63) is 69.7 Å². The summed E-state index contributed by atoms with van der Waals surface area (Å²) in [4.78, 5) is 11.0. The third-order valence-electron chi connectivity index (χ3n) is 3.32. The van der Waals surface area contributed by atoms with Crippen LogP contribution in [0, 0.1) is 6.92 Å². The summed E-state index contributed by atoms with van der Waals surface area (Å²) in [5, 5.41) is 20.2. The van der Waals surface area contributed by atoms with Gasteiger partial charge in [0, 0.05) is 10.6 Å². The molecule has 0 bridgehead atoms. The third-order valence-corrected chi connectivity index (χ3v) is 3.63. The number of aliphatic hydroxyl groups is 1. The Morgan fingerprint density at radius 2 is 1.90 bits per heavy atom. The van der Waals surface area contributed by atoms with Gasteiger partial charge in [0.2, 0.25) is 0 Å². The molecule has 0 radical (unpaired) electrons. The van der Waals surface area contributed by atoms with E-state index in [1.807, 2.05) is 13.0 Å². The van der Waals surface area contributed by atoms with Gasteiger partial charge in [-0.05, 0) is 43.2 Å². The molecule has 0 fully saturated rings. The minimum Gasteiger partial charge on any atom is -0.478 e. The number of aryl methyl sites for hydroxylation is 1. The highest BCUT2D eigenvalue weighted by atomic mass is 35.5. The molecule has 0 aromatic heterocycles. The first kappa shape index (κ1) is 14.6. The van der Waals surface area contributed by atoms with Crippen LogP contribution in [0.4, 0.5) is 0 Å². The van der Waals surface area contributed by atoms with Crippen LogP contribution in [-0.4, -0.2) is 16.2 Å². The van der Waals surface area contributed by atoms with Crippen LogP contribution in [0.5, 0.6) is 0 Å². The lowest BCUT2D eigenvalue weighted by Crippen LogP contribution is -2.23. The third kappa shape index (κ3) is 2.69. The number of carboxylic acids is 1. The van der Waals surface area contributed by atoms with E-state index in [0.717, 1.165) is 5.56 Å². The zero-order valence-electron chi connectivity index (χ0n) is 11.2. The summed E-state index contributed by atoms with van der Waals surface area (Å²) in [7, 11) is 0. The molecule has 0 aliphatic carbocycles. The second-order valence-corrected chi connectivity index (χ2v) is 5.35. The van der Waals surface area contributed by atoms with E-state index in [-0.39, 0.29) is 5.56 Å². The Bertz CT molecular complexity index is 663. The molecule has 2 aromatic carbocycles. The van der Waals surface area contributed by atoms with Gasteiger partial charge >= 0.3 is 5.97 Å². The van der Waals surface area contributed by atoms with E-state index in [9.17, 15) is 9.90 Å². The Morgan fingerprint density at radius 3 is 2.50 bits per heavy atom. The van der Waals surface area contributed by atoms with Gasteiger partial charge in [0.25, 0.3) is 0 Å². The zero-order valence-corrected chi connectivity index (χ0v) is 12.0. The van der Waals surface area contributed by atoms with E-state index in [0.29, 0.717) is 16.1 Å².